The van der Waals surface area contributed by atoms with Crippen molar-refractivity contribution in [3.8, 4) is 11.8 Å². The van der Waals surface area contributed by atoms with E-state index in [1.807, 2.05) is 54.3 Å². The molecule has 9 nitrogen and oxygen atoms in total. The van der Waals surface area contributed by atoms with Gasteiger partial charge in [0.05, 0.1) is 42.5 Å². The van der Waals surface area contributed by atoms with Crippen LogP contribution in [0.4, 0.5) is 0 Å². The van der Waals surface area contributed by atoms with Gasteiger partial charge in [-0.1, -0.05) is 24.3 Å². The molecule has 9 heteroatoms. The lowest BCUT2D eigenvalue weighted by Crippen LogP contribution is -2.59. The number of tetrazole rings is 1. The van der Waals surface area contributed by atoms with Gasteiger partial charge in [-0.2, -0.15) is 5.26 Å². The normalized spacial score (nSPS) is 20.8. The van der Waals surface area contributed by atoms with Crippen molar-refractivity contribution in [2.75, 3.05) is 32.8 Å². The SMILES string of the molecule is Cc1c(C#N)cccc1[C@@H]1CN2CCN(C(=O)Cc3ccc(-n4cnnn4)cc3)C[C@H]2CO1. The number of rotatable bonds is 4. The first-order valence-electron chi connectivity index (χ1n) is 11.1. The molecule has 2 aliphatic rings. The third kappa shape index (κ3) is 4.35. The predicted octanol–water partition coefficient (Wildman–Crippen LogP) is 1.67. The number of aromatic nitrogens is 4. The van der Waals surface area contributed by atoms with Gasteiger partial charge in [-0.3, -0.25) is 9.69 Å². The molecule has 0 N–H and O–H groups in total. The fourth-order valence-electron chi connectivity index (χ4n) is 4.65. The molecule has 3 aromatic rings. The van der Waals surface area contributed by atoms with Gasteiger partial charge in [0.1, 0.15) is 6.33 Å². The molecule has 168 valence electrons. The Morgan fingerprint density at radius 1 is 1.18 bits per heavy atom. The van der Waals surface area contributed by atoms with Gasteiger partial charge in [-0.05, 0) is 52.2 Å². The molecule has 0 spiro atoms. The van der Waals surface area contributed by atoms with Gasteiger partial charge < -0.3 is 9.64 Å². The first-order valence-corrected chi connectivity index (χ1v) is 11.1. The van der Waals surface area contributed by atoms with Crippen molar-refractivity contribution in [3.63, 3.8) is 0 Å². The molecule has 0 unspecified atom stereocenters. The minimum absolute atomic E-state index is 0.0458. The van der Waals surface area contributed by atoms with Crippen LogP contribution in [0.5, 0.6) is 0 Å². The number of nitriles is 1. The Balaban J connectivity index is 1.18. The number of carbonyl (C=O) groups excluding carboxylic acids is 1. The Morgan fingerprint density at radius 3 is 2.79 bits per heavy atom. The predicted molar refractivity (Wildman–Crippen MR) is 119 cm³/mol. The molecular weight excluding hydrogens is 418 g/mol. The molecule has 3 heterocycles. The maximum Gasteiger partial charge on any atom is 0.227 e. The van der Waals surface area contributed by atoms with Crippen LogP contribution in [0, 0.1) is 18.3 Å². The topological polar surface area (TPSA) is 100 Å². The molecular formula is C24H25N7O2. The van der Waals surface area contributed by atoms with E-state index in [9.17, 15) is 10.1 Å². The molecule has 2 aromatic carbocycles. The van der Waals surface area contributed by atoms with E-state index in [2.05, 4.69) is 26.5 Å². The largest absolute Gasteiger partial charge is 0.370 e. The molecule has 33 heavy (non-hydrogen) atoms. The fraction of sp³-hybridized carbons (Fsp3) is 0.375. The zero-order chi connectivity index (χ0) is 22.8. The molecule has 1 amide bonds. The Morgan fingerprint density at radius 2 is 2.03 bits per heavy atom. The van der Waals surface area contributed by atoms with E-state index in [0.29, 0.717) is 31.7 Å². The van der Waals surface area contributed by atoms with Gasteiger partial charge in [-0.15, -0.1) is 5.10 Å². The molecule has 0 saturated carbocycles. The number of amides is 1. The Kier molecular flexibility index (Phi) is 5.86. The van der Waals surface area contributed by atoms with Crippen LogP contribution in [0.2, 0.25) is 0 Å². The molecule has 5 rings (SSSR count). The first kappa shape index (κ1) is 21.2. The summed E-state index contributed by atoms with van der Waals surface area (Å²) in [6.45, 7) is 5.54. The number of morpholine rings is 1. The van der Waals surface area contributed by atoms with Crippen LogP contribution in [-0.4, -0.2) is 74.7 Å². The number of benzene rings is 2. The van der Waals surface area contributed by atoms with E-state index < -0.39 is 0 Å². The minimum Gasteiger partial charge on any atom is -0.370 e. The second-order valence-corrected chi connectivity index (χ2v) is 8.54. The monoisotopic (exact) mass is 443 g/mol. The van der Waals surface area contributed by atoms with Crippen molar-refractivity contribution in [3.05, 3.63) is 71.0 Å². The lowest BCUT2D eigenvalue weighted by Gasteiger charge is -2.46. The lowest BCUT2D eigenvalue weighted by molar-refractivity contribution is -0.139. The zero-order valence-corrected chi connectivity index (χ0v) is 18.5. The second kappa shape index (κ2) is 9.10. The molecule has 2 aliphatic heterocycles. The van der Waals surface area contributed by atoms with Gasteiger partial charge in [0.2, 0.25) is 5.91 Å². The van der Waals surface area contributed by atoms with Crippen molar-refractivity contribution in [2.24, 2.45) is 0 Å². The highest BCUT2D eigenvalue weighted by Crippen LogP contribution is 2.30. The van der Waals surface area contributed by atoms with E-state index in [4.69, 9.17) is 4.74 Å². The van der Waals surface area contributed by atoms with Gasteiger partial charge in [0.25, 0.3) is 0 Å². The molecule has 1 aromatic heterocycles. The van der Waals surface area contributed by atoms with E-state index in [1.54, 1.807) is 4.68 Å². The molecule has 2 saturated heterocycles. The van der Waals surface area contributed by atoms with Crippen LogP contribution in [0.1, 0.15) is 28.4 Å². The number of carbonyl (C=O) groups is 1. The van der Waals surface area contributed by atoms with Crippen LogP contribution in [0.3, 0.4) is 0 Å². The van der Waals surface area contributed by atoms with E-state index in [1.165, 1.54) is 6.33 Å². The van der Waals surface area contributed by atoms with Crippen LogP contribution in [0.15, 0.2) is 48.8 Å². The van der Waals surface area contributed by atoms with E-state index in [0.717, 1.165) is 35.5 Å². The highest BCUT2D eigenvalue weighted by Gasteiger charge is 2.36. The third-order valence-corrected chi connectivity index (χ3v) is 6.60. The number of ether oxygens (including phenoxy) is 1. The summed E-state index contributed by atoms with van der Waals surface area (Å²) in [6, 6.07) is 16.0. The summed E-state index contributed by atoms with van der Waals surface area (Å²) in [5.74, 6) is 0.129. The Hall–Kier alpha value is -3.61. The van der Waals surface area contributed by atoms with Gasteiger partial charge in [-0.25, -0.2) is 4.68 Å². The zero-order valence-electron chi connectivity index (χ0n) is 18.5. The third-order valence-electron chi connectivity index (χ3n) is 6.60. The van der Waals surface area contributed by atoms with Crippen molar-refractivity contribution in [2.45, 2.75) is 25.5 Å². The molecule has 2 fully saturated rings. The number of nitrogens with zero attached hydrogens (tertiary/aromatic N) is 7. The highest BCUT2D eigenvalue weighted by molar-refractivity contribution is 5.79. The minimum atomic E-state index is -0.0458. The smallest absolute Gasteiger partial charge is 0.227 e. The maximum absolute atomic E-state index is 13.0. The lowest BCUT2D eigenvalue weighted by atomic mass is 9.96. The number of piperazine rings is 1. The van der Waals surface area contributed by atoms with Crippen molar-refractivity contribution in [1.29, 1.82) is 5.26 Å². The Bertz CT molecular complexity index is 1170. The molecule has 0 radical (unpaired) electrons. The summed E-state index contributed by atoms with van der Waals surface area (Å²) < 4.78 is 7.78. The van der Waals surface area contributed by atoms with Crippen LogP contribution in [-0.2, 0) is 16.0 Å². The average molecular weight is 444 g/mol. The quantitative estimate of drug-likeness (QED) is 0.605. The number of hydrogen-bond acceptors (Lipinski definition) is 7. The van der Waals surface area contributed by atoms with Crippen LogP contribution in [0.25, 0.3) is 5.69 Å². The summed E-state index contributed by atoms with van der Waals surface area (Å²) in [6.07, 6.45) is 1.86. The number of hydrogen-bond donors (Lipinski definition) is 0. The van der Waals surface area contributed by atoms with Crippen molar-refractivity contribution in [1.82, 2.24) is 30.0 Å². The highest BCUT2D eigenvalue weighted by atomic mass is 16.5. The van der Waals surface area contributed by atoms with Crippen molar-refractivity contribution < 1.29 is 9.53 Å². The maximum atomic E-state index is 13.0. The van der Waals surface area contributed by atoms with Gasteiger partial charge in [0.15, 0.2) is 0 Å². The molecule has 0 aliphatic carbocycles. The van der Waals surface area contributed by atoms with E-state index in [-0.39, 0.29) is 18.1 Å². The fourth-order valence-corrected chi connectivity index (χ4v) is 4.65. The van der Waals surface area contributed by atoms with Crippen LogP contribution >= 0.6 is 0 Å². The summed E-state index contributed by atoms with van der Waals surface area (Å²) >= 11 is 0. The molecule has 0 bridgehead atoms. The van der Waals surface area contributed by atoms with Gasteiger partial charge in [0, 0.05) is 26.2 Å². The summed E-state index contributed by atoms with van der Waals surface area (Å²) in [7, 11) is 0. The standard InChI is InChI=1S/C24H25N7O2/c1-17-19(12-25)3-2-4-22(17)23-14-29-9-10-30(13-21(29)15-33-23)24(32)11-18-5-7-20(8-6-18)31-16-26-27-28-31/h2-8,16,21,23H,9-11,13-15H2,1H3/t21-,23-/m0/s1. The summed E-state index contributed by atoms with van der Waals surface area (Å²) in [4.78, 5) is 17.3. The summed E-state index contributed by atoms with van der Waals surface area (Å²) in [5, 5.41) is 20.5. The average Bonchev–Trinajstić information content (AvgIpc) is 3.39. The summed E-state index contributed by atoms with van der Waals surface area (Å²) in [5.41, 5.74) is 4.58. The van der Waals surface area contributed by atoms with Crippen molar-refractivity contribution >= 4 is 5.91 Å². The number of fused-ring (bicyclic) bond motifs is 1. The Labute approximate surface area is 192 Å². The van der Waals surface area contributed by atoms with Crippen LogP contribution < -0.4 is 0 Å². The van der Waals surface area contributed by atoms with Gasteiger partial charge >= 0.3 is 0 Å². The molecule has 2 atom stereocenters. The van der Waals surface area contributed by atoms with E-state index >= 15 is 0 Å². The second-order valence-electron chi connectivity index (χ2n) is 8.54. The first-order chi connectivity index (χ1) is 16.1.